The van der Waals surface area contributed by atoms with Crippen molar-refractivity contribution < 1.29 is 4.74 Å². The number of ether oxygens (including phenoxy) is 1. The fourth-order valence-corrected chi connectivity index (χ4v) is 6.15. The number of hydrogen-bond acceptors (Lipinski definition) is 7. The number of likely N-dealkylation sites (N-methyl/N-ethyl adjacent to an activating group) is 1. The van der Waals surface area contributed by atoms with E-state index in [4.69, 9.17) is 26.3 Å². The van der Waals surface area contributed by atoms with E-state index in [1.54, 1.807) is 0 Å². The number of pyridine rings is 1. The lowest BCUT2D eigenvalue weighted by Crippen LogP contribution is -2.40. The summed E-state index contributed by atoms with van der Waals surface area (Å²) in [7, 11) is 2.17. The highest BCUT2D eigenvalue weighted by molar-refractivity contribution is 5.92. The summed E-state index contributed by atoms with van der Waals surface area (Å²) in [6.07, 6.45) is 7.34. The molecule has 3 aromatic rings. The highest BCUT2D eigenvalue weighted by Gasteiger charge is 2.30. The fourth-order valence-electron chi connectivity index (χ4n) is 6.15. The molecule has 192 valence electrons. The van der Waals surface area contributed by atoms with Crippen LogP contribution in [-0.2, 0) is 13.0 Å². The number of fused-ring (bicyclic) bond motifs is 2. The van der Waals surface area contributed by atoms with E-state index in [0.717, 1.165) is 69.2 Å². The second-order valence-electron chi connectivity index (χ2n) is 10.7. The van der Waals surface area contributed by atoms with Crippen molar-refractivity contribution in [3.63, 3.8) is 0 Å². The SMILES string of the molecule is [C-]#[N+]CC1CCCN(c2nc(OC[C@@H]3CCCN3C)nc3c2CCN(c2nccc4ccccc24)C3)C1. The average molecular weight is 498 g/mol. The van der Waals surface area contributed by atoms with Gasteiger partial charge in [0.1, 0.15) is 18.2 Å². The highest BCUT2D eigenvalue weighted by atomic mass is 16.5. The minimum Gasteiger partial charge on any atom is -0.462 e. The fraction of sp³-hybridized carbons (Fsp3) is 0.517. The molecule has 0 bridgehead atoms. The second kappa shape index (κ2) is 10.5. The number of anilines is 2. The van der Waals surface area contributed by atoms with Crippen LogP contribution in [0.1, 0.15) is 36.9 Å². The van der Waals surface area contributed by atoms with E-state index < -0.39 is 0 Å². The number of hydrogen-bond donors (Lipinski definition) is 0. The van der Waals surface area contributed by atoms with E-state index in [0.29, 0.717) is 37.7 Å². The Labute approximate surface area is 219 Å². The number of likely N-dealkylation sites (tertiary alicyclic amines) is 1. The first kappa shape index (κ1) is 23.9. The largest absolute Gasteiger partial charge is 0.462 e. The lowest BCUT2D eigenvalue weighted by Gasteiger charge is -2.36. The molecule has 0 spiro atoms. The van der Waals surface area contributed by atoms with Crippen LogP contribution in [0.25, 0.3) is 15.6 Å². The predicted molar refractivity (Wildman–Crippen MR) is 146 cm³/mol. The van der Waals surface area contributed by atoms with Gasteiger partial charge in [0, 0.05) is 48.7 Å². The summed E-state index contributed by atoms with van der Waals surface area (Å²) < 4.78 is 6.27. The molecule has 37 heavy (non-hydrogen) atoms. The summed E-state index contributed by atoms with van der Waals surface area (Å²) in [6, 6.07) is 11.4. The molecule has 6 rings (SSSR count). The van der Waals surface area contributed by atoms with Crippen molar-refractivity contribution in [1.82, 2.24) is 19.9 Å². The van der Waals surface area contributed by atoms with Crippen LogP contribution >= 0.6 is 0 Å². The van der Waals surface area contributed by atoms with Crippen molar-refractivity contribution in [3.8, 4) is 6.01 Å². The predicted octanol–water partition coefficient (Wildman–Crippen LogP) is 4.20. The quantitative estimate of drug-likeness (QED) is 0.473. The summed E-state index contributed by atoms with van der Waals surface area (Å²) in [6.45, 7) is 13.1. The van der Waals surface area contributed by atoms with E-state index in [9.17, 15) is 0 Å². The molecule has 2 saturated heterocycles. The molecule has 2 aromatic heterocycles. The first-order valence-electron chi connectivity index (χ1n) is 13.6. The van der Waals surface area contributed by atoms with Crippen molar-refractivity contribution >= 4 is 22.4 Å². The van der Waals surface area contributed by atoms with Gasteiger partial charge in [-0.15, -0.1) is 0 Å². The van der Waals surface area contributed by atoms with Gasteiger partial charge in [0.05, 0.1) is 12.2 Å². The average Bonchev–Trinajstić information content (AvgIpc) is 3.35. The van der Waals surface area contributed by atoms with E-state index >= 15 is 0 Å². The minimum atomic E-state index is 0.397. The van der Waals surface area contributed by atoms with Crippen molar-refractivity contribution in [3.05, 3.63) is 59.2 Å². The number of rotatable bonds is 6. The molecule has 1 unspecified atom stereocenters. The van der Waals surface area contributed by atoms with Crippen molar-refractivity contribution in [2.75, 3.05) is 56.2 Å². The zero-order valence-corrected chi connectivity index (χ0v) is 21.6. The van der Waals surface area contributed by atoms with Gasteiger partial charge in [0.25, 0.3) is 0 Å². The Bertz CT molecular complexity index is 1300. The maximum absolute atomic E-state index is 7.35. The van der Waals surface area contributed by atoms with Gasteiger partial charge >= 0.3 is 6.01 Å². The number of aromatic nitrogens is 3. The Morgan fingerprint density at radius 2 is 1.92 bits per heavy atom. The van der Waals surface area contributed by atoms with Gasteiger partial charge < -0.3 is 24.3 Å². The molecule has 0 aliphatic carbocycles. The zero-order valence-electron chi connectivity index (χ0n) is 21.6. The smallest absolute Gasteiger partial charge is 0.318 e. The van der Waals surface area contributed by atoms with Crippen LogP contribution in [0.15, 0.2) is 36.5 Å². The van der Waals surface area contributed by atoms with Gasteiger partial charge in [-0.3, -0.25) is 0 Å². The van der Waals surface area contributed by atoms with Crippen LogP contribution in [-0.4, -0.2) is 72.3 Å². The van der Waals surface area contributed by atoms with Gasteiger partial charge in [-0.05, 0) is 57.1 Å². The van der Waals surface area contributed by atoms with Gasteiger partial charge in [0.15, 0.2) is 0 Å². The normalized spacial score (nSPS) is 22.2. The molecule has 3 aliphatic rings. The Morgan fingerprint density at radius 3 is 2.78 bits per heavy atom. The Kier molecular flexibility index (Phi) is 6.79. The molecule has 2 fully saturated rings. The topological polar surface area (TPSA) is 62.0 Å². The van der Waals surface area contributed by atoms with Crippen molar-refractivity contribution in [1.29, 1.82) is 0 Å². The van der Waals surface area contributed by atoms with Gasteiger partial charge in [-0.25, -0.2) is 11.6 Å². The molecule has 0 amide bonds. The van der Waals surface area contributed by atoms with Gasteiger partial charge in [-0.1, -0.05) is 24.3 Å². The summed E-state index contributed by atoms with van der Waals surface area (Å²) in [5, 5.41) is 2.37. The molecule has 2 atom stereocenters. The molecule has 1 aromatic carbocycles. The number of nitrogens with zero attached hydrogens (tertiary/aromatic N) is 7. The maximum atomic E-state index is 7.35. The summed E-state index contributed by atoms with van der Waals surface area (Å²) >= 11 is 0. The highest BCUT2D eigenvalue weighted by Crippen LogP contribution is 2.34. The van der Waals surface area contributed by atoms with Crippen LogP contribution in [0, 0.1) is 12.5 Å². The van der Waals surface area contributed by atoms with Gasteiger partial charge in [-0.2, -0.15) is 9.97 Å². The van der Waals surface area contributed by atoms with Gasteiger partial charge in [0.2, 0.25) is 6.54 Å². The van der Waals surface area contributed by atoms with Crippen LogP contribution in [0.2, 0.25) is 0 Å². The first-order valence-corrected chi connectivity index (χ1v) is 13.6. The minimum absolute atomic E-state index is 0.397. The standard InChI is InChI=1S/C29H35N7O/c1-30-17-21-7-5-15-35(18-21)28-25-12-16-36(27-24-10-4-3-8-22(24)11-13-31-27)19-26(25)32-29(33-28)37-20-23-9-6-14-34(23)2/h3-4,8,10-11,13,21,23H,5-7,9,12,14-20H2,2H3/t21?,23-/m0/s1. The van der Waals surface area contributed by atoms with E-state index in [-0.39, 0.29) is 0 Å². The molecule has 0 saturated carbocycles. The van der Waals surface area contributed by atoms with Crippen molar-refractivity contribution in [2.45, 2.75) is 44.7 Å². The third kappa shape index (κ3) is 4.93. The third-order valence-corrected chi connectivity index (χ3v) is 8.22. The summed E-state index contributed by atoms with van der Waals surface area (Å²) in [5.41, 5.74) is 2.26. The Balaban J connectivity index is 1.32. The maximum Gasteiger partial charge on any atom is 0.318 e. The Hall–Kier alpha value is -3.44. The monoisotopic (exact) mass is 497 g/mol. The first-order chi connectivity index (χ1) is 18.2. The lowest BCUT2D eigenvalue weighted by atomic mass is 9.97. The van der Waals surface area contributed by atoms with Crippen LogP contribution < -0.4 is 14.5 Å². The molecule has 0 radical (unpaired) electrons. The van der Waals surface area contributed by atoms with Crippen molar-refractivity contribution in [2.24, 2.45) is 5.92 Å². The van der Waals surface area contributed by atoms with E-state index in [2.05, 4.69) is 56.9 Å². The molecule has 8 heteroatoms. The summed E-state index contributed by atoms with van der Waals surface area (Å²) in [4.78, 5) is 25.5. The molecular weight excluding hydrogens is 462 g/mol. The number of benzene rings is 1. The van der Waals surface area contributed by atoms with E-state index in [1.165, 1.54) is 22.8 Å². The van der Waals surface area contributed by atoms with Crippen LogP contribution in [0.3, 0.4) is 0 Å². The lowest BCUT2D eigenvalue weighted by molar-refractivity contribution is 0.187. The summed E-state index contributed by atoms with van der Waals surface area (Å²) in [5.74, 6) is 2.42. The van der Waals surface area contributed by atoms with Crippen LogP contribution in [0.5, 0.6) is 6.01 Å². The molecule has 8 nitrogen and oxygen atoms in total. The van der Waals surface area contributed by atoms with E-state index in [1.807, 2.05) is 6.20 Å². The molecule has 5 heterocycles. The Morgan fingerprint density at radius 1 is 1.03 bits per heavy atom. The number of piperidine rings is 1. The second-order valence-corrected chi connectivity index (χ2v) is 10.7. The van der Waals surface area contributed by atoms with Crippen LogP contribution in [0.4, 0.5) is 11.6 Å². The third-order valence-electron chi connectivity index (χ3n) is 8.22. The molecular formula is C29H35N7O. The molecule has 0 N–H and O–H groups in total. The zero-order chi connectivity index (χ0) is 25.2. The molecule has 3 aliphatic heterocycles.